The lowest BCUT2D eigenvalue weighted by atomic mass is 9.87. The van der Waals surface area contributed by atoms with Gasteiger partial charge < -0.3 is 10.2 Å². The summed E-state index contributed by atoms with van der Waals surface area (Å²) >= 11 is 0. The van der Waals surface area contributed by atoms with Crippen molar-refractivity contribution < 1.29 is 22.8 Å². The minimum atomic E-state index is -4.16. The molecule has 0 saturated carbocycles. The highest BCUT2D eigenvalue weighted by atomic mass is 19.4. The van der Waals surface area contributed by atoms with Crippen LogP contribution < -0.4 is 10.6 Å². The van der Waals surface area contributed by atoms with Crippen LogP contribution in [0.3, 0.4) is 0 Å². The molecule has 0 bridgehead atoms. The van der Waals surface area contributed by atoms with Crippen molar-refractivity contribution in [2.24, 2.45) is 0 Å². The summed E-state index contributed by atoms with van der Waals surface area (Å²) in [5, 5.41) is 4.72. The van der Waals surface area contributed by atoms with Gasteiger partial charge in [-0.3, -0.25) is 10.1 Å². The average molecular weight is 265 g/mol. The van der Waals surface area contributed by atoms with Crippen LogP contribution >= 0.6 is 0 Å². The van der Waals surface area contributed by atoms with E-state index >= 15 is 0 Å². The number of imide groups is 1. The number of nitrogens with zero attached hydrogens (tertiary/aromatic N) is 1. The summed E-state index contributed by atoms with van der Waals surface area (Å²) in [6.07, 6.45) is -4.31. The van der Waals surface area contributed by atoms with E-state index in [4.69, 9.17) is 0 Å². The summed E-state index contributed by atoms with van der Waals surface area (Å²) in [5.74, 6) is -0.372. The minimum Gasteiger partial charge on any atom is -0.323 e. The molecule has 2 rings (SSSR count). The third kappa shape index (κ3) is 2.74. The number of hydrogen-bond donors (Lipinski definition) is 2. The van der Waals surface area contributed by atoms with E-state index in [2.05, 4.69) is 10.6 Å². The molecule has 0 aromatic rings. The zero-order chi connectivity index (χ0) is 13.4. The van der Waals surface area contributed by atoms with Gasteiger partial charge in [-0.1, -0.05) is 0 Å². The zero-order valence-corrected chi connectivity index (χ0v) is 9.64. The first-order valence-electron chi connectivity index (χ1n) is 5.73. The monoisotopic (exact) mass is 265 g/mol. The normalized spacial score (nSPS) is 24.2. The summed E-state index contributed by atoms with van der Waals surface area (Å²) in [4.78, 5) is 24.3. The fourth-order valence-corrected chi connectivity index (χ4v) is 2.32. The number of amides is 3. The first-order chi connectivity index (χ1) is 8.31. The van der Waals surface area contributed by atoms with E-state index < -0.39 is 24.2 Å². The van der Waals surface area contributed by atoms with Crippen LogP contribution in [0.4, 0.5) is 18.0 Å². The van der Waals surface area contributed by atoms with Crippen LogP contribution in [0.1, 0.15) is 19.3 Å². The Labute approximate surface area is 102 Å². The Kier molecular flexibility index (Phi) is 3.22. The smallest absolute Gasteiger partial charge is 0.323 e. The fraction of sp³-hybridized carbons (Fsp3) is 0.800. The molecule has 0 aromatic heterocycles. The highest BCUT2D eigenvalue weighted by molar-refractivity contribution is 6.07. The van der Waals surface area contributed by atoms with Crippen molar-refractivity contribution >= 4 is 11.9 Å². The summed E-state index contributed by atoms with van der Waals surface area (Å²) < 4.78 is 36.2. The molecule has 5 nitrogen and oxygen atoms in total. The topological polar surface area (TPSA) is 61.4 Å². The second-order valence-corrected chi connectivity index (χ2v) is 4.70. The lowest BCUT2D eigenvalue weighted by molar-refractivity contribution is -0.139. The summed E-state index contributed by atoms with van der Waals surface area (Å²) in [6.45, 7) is 0.697. The van der Waals surface area contributed by atoms with Crippen molar-refractivity contribution in [2.45, 2.75) is 31.0 Å². The maximum absolute atomic E-state index is 12.1. The lowest BCUT2D eigenvalue weighted by Crippen LogP contribution is -2.55. The molecule has 2 saturated heterocycles. The molecular formula is C10H14F3N3O2. The number of rotatable bonds is 2. The van der Waals surface area contributed by atoms with Crippen molar-refractivity contribution in [1.82, 2.24) is 15.5 Å². The number of halogens is 3. The molecule has 0 unspecified atom stereocenters. The molecule has 8 heteroatoms. The van der Waals surface area contributed by atoms with E-state index in [1.54, 1.807) is 4.90 Å². The largest absolute Gasteiger partial charge is 0.390 e. The van der Waals surface area contributed by atoms with Gasteiger partial charge >= 0.3 is 12.2 Å². The number of carbonyl (C=O) groups is 2. The number of carbonyl (C=O) groups excluding carboxylic acids is 2. The van der Waals surface area contributed by atoms with Gasteiger partial charge in [0.1, 0.15) is 5.54 Å². The van der Waals surface area contributed by atoms with Crippen molar-refractivity contribution in [1.29, 1.82) is 0 Å². The molecule has 102 valence electrons. The van der Waals surface area contributed by atoms with Gasteiger partial charge in [0.15, 0.2) is 0 Å². The maximum Gasteiger partial charge on any atom is 0.390 e. The number of hydrogen-bond acceptors (Lipinski definition) is 3. The molecule has 2 aliphatic rings. The SMILES string of the molecule is O=C1NC(=O)C2(CCN(CCC(F)(F)F)CC2)N1. The van der Waals surface area contributed by atoms with Crippen molar-refractivity contribution in [3.8, 4) is 0 Å². The Morgan fingerprint density at radius 2 is 1.83 bits per heavy atom. The predicted molar refractivity (Wildman–Crippen MR) is 55.8 cm³/mol. The van der Waals surface area contributed by atoms with Gasteiger partial charge in [-0.15, -0.1) is 0 Å². The Bertz CT molecular complexity index is 362. The van der Waals surface area contributed by atoms with E-state index in [-0.39, 0.29) is 12.5 Å². The first-order valence-corrected chi connectivity index (χ1v) is 5.73. The summed E-state index contributed by atoms with van der Waals surface area (Å²) in [5.41, 5.74) is -0.911. The van der Waals surface area contributed by atoms with Gasteiger partial charge in [0.05, 0.1) is 6.42 Å². The number of piperidine rings is 1. The van der Waals surface area contributed by atoms with Crippen LogP contribution in [0.25, 0.3) is 0 Å². The fourth-order valence-electron chi connectivity index (χ4n) is 2.32. The lowest BCUT2D eigenvalue weighted by Gasteiger charge is -2.37. The molecule has 18 heavy (non-hydrogen) atoms. The highest BCUT2D eigenvalue weighted by Crippen LogP contribution is 2.27. The Morgan fingerprint density at radius 3 is 2.28 bits per heavy atom. The van der Waals surface area contributed by atoms with E-state index in [1.807, 2.05) is 0 Å². The molecule has 2 N–H and O–H groups in total. The highest BCUT2D eigenvalue weighted by Gasteiger charge is 2.47. The zero-order valence-electron chi connectivity index (χ0n) is 9.64. The van der Waals surface area contributed by atoms with E-state index in [9.17, 15) is 22.8 Å². The van der Waals surface area contributed by atoms with Gasteiger partial charge in [0, 0.05) is 19.6 Å². The molecule has 0 atom stereocenters. The van der Waals surface area contributed by atoms with Gasteiger partial charge in [0.2, 0.25) is 0 Å². The maximum atomic E-state index is 12.1. The van der Waals surface area contributed by atoms with E-state index in [1.165, 1.54) is 0 Å². The molecule has 0 aromatic carbocycles. The minimum absolute atomic E-state index is 0.0604. The third-order valence-corrected chi connectivity index (χ3v) is 3.44. The molecular weight excluding hydrogens is 251 g/mol. The van der Waals surface area contributed by atoms with Crippen LogP contribution in [0.5, 0.6) is 0 Å². The van der Waals surface area contributed by atoms with Crippen LogP contribution in [-0.2, 0) is 4.79 Å². The molecule has 3 amide bonds. The molecule has 1 spiro atoms. The van der Waals surface area contributed by atoms with Crippen LogP contribution in [-0.4, -0.2) is 48.2 Å². The van der Waals surface area contributed by atoms with Gasteiger partial charge in [0.25, 0.3) is 5.91 Å². The second-order valence-electron chi connectivity index (χ2n) is 4.70. The van der Waals surface area contributed by atoms with Crippen molar-refractivity contribution in [3.05, 3.63) is 0 Å². The van der Waals surface area contributed by atoms with Gasteiger partial charge in [-0.05, 0) is 12.8 Å². The Morgan fingerprint density at radius 1 is 1.22 bits per heavy atom. The number of alkyl halides is 3. The molecule has 0 aliphatic carbocycles. The Hall–Kier alpha value is -1.31. The van der Waals surface area contributed by atoms with Gasteiger partial charge in [-0.25, -0.2) is 4.79 Å². The van der Waals surface area contributed by atoms with Crippen LogP contribution in [0.15, 0.2) is 0 Å². The third-order valence-electron chi connectivity index (χ3n) is 3.44. The van der Waals surface area contributed by atoms with Gasteiger partial charge in [-0.2, -0.15) is 13.2 Å². The van der Waals surface area contributed by atoms with Crippen molar-refractivity contribution in [3.63, 3.8) is 0 Å². The number of likely N-dealkylation sites (tertiary alicyclic amines) is 1. The predicted octanol–water partition coefficient (Wildman–Crippen LogP) is 0.613. The molecule has 2 aliphatic heterocycles. The molecule has 2 fully saturated rings. The van der Waals surface area contributed by atoms with Crippen LogP contribution in [0, 0.1) is 0 Å². The van der Waals surface area contributed by atoms with Crippen molar-refractivity contribution in [2.75, 3.05) is 19.6 Å². The molecule has 0 radical (unpaired) electrons. The second kappa shape index (κ2) is 4.42. The average Bonchev–Trinajstić information content (AvgIpc) is 2.52. The quantitative estimate of drug-likeness (QED) is 0.719. The standard InChI is InChI=1S/C10H14F3N3O2/c11-10(12,13)3-6-16-4-1-9(2-5-16)7(17)14-8(18)15-9/h1-6H2,(H2,14,15,17,18). The number of nitrogens with one attached hydrogen (secondary N) is 2. The van der Waals surface area contributed by atoms with Crippen LogP contribution in [0.2, 0.25) is 0 Å². The molecule has 2 heterocycles. The summed E-state index contributed by atoms with van der Waals surface area (Å²) in [6, 6.07) is -0.524. The number of urea groups is 1. The van der Waals surface area contributed by atoms with E-state index in [0.29, 0.717) is 25.9 Å². The Balaban J connectivity index is 1.85. The summed E-state index contributed by atoms with van der Waals surface area (Å²) in [7, 11) is 0. The first kappa shape index (κ1) is 13.1. The van der Waals surface area contributed by atoms with E-state index in [0.717, 1.165) is 0 Å².